The largest absolute Gasteiger partial charge is 0.478 e. The van der Waals surface area contributed by atoms with Crippen LogP contribution in [0.1, 0.15) is 39.5 Å². The van der Waals surface area contributed by atoms with Crippen molar-refractivity contribution in [1.82, 2.24) is 0 Å². The standard InChI is InChI=1S/C8H18O.C6H10O3.C3H4O2/c1-8(2)6-4-3-5-7-9;1(5-3-8-5)7-2-6-4-9-6;1-2-3(4)5/h8-9H,3-7H2,1-2H3;5-6H,1-4H2;2H,1H2,(H,4,5). The monoisotopic (exact) mass is 332 g/mol. The lowest BCUT2D eigenvalue weighted by atomic mass is 10.1. The quantitative estimate of drug-likeness (QED) is 0.362. The van der Waals surface area contributed by atoms with Gasteiger partial charge in [-0.15, -0.1) is 0 Å². The lowest BCUT2D eigenvalue weighted by Gasteiger charge is -2.01. The highest BCUT2D eigenvalue weighted by Gasteiger charge is 2.26. The van der Waals surface area contributed by atoms with E-state index in [1.54, 1.807) is 0 Å². The van der Waals surface area contributed by atoms with E-state index in [1.807, 2.05) is 0 Å². The zero-order valence-corrected chi connectivity index (χ0v) is 14.4. The Morgan fingerprint density at radius 2 is 1.70 bits per heavy atom. The molecule has 0 aromatic carbocycles. The Morgan fingerprint density at radius 3 is 2.00 bits per heavy atom. The molecule has 2 aliphatic heterocycles. The van der Waals surface area contributed by atoms with E-state index in [2.05, 4.69) is 20.4 Å². The van der Waals surface area contributed by atoms with Crippen LogP contribution in [-0.2, 0) is 19.0 Å². The second-order valence-electron chi connectivity index (χ2n) is 5.96. The minimum absolute atomic E-state index is 0.359. The van der Waals surface area contributed by atoms with Crippen molar-refractivity contribution in [2.75, 3.05) is 33.0 Å². The van der Waals surface area contributed by atoms with E-state index >= 15 is 0 Å². The van der Waals surface area contributed by atoms with Gasteiger partial charge in [0.25, 0.3) is 0 Å². The number of aliphatic hydroxyl groups is 1. The van der Waals surface area contributed by atoms with Gasteiger partial charge in [-0.05, 0) is 12.3 Å². The summed E-state index contributed by atoms with van der Waals surface area (Å²) in [4.78, 5) is 9.25. The third kappa shape index (κ3) is 21.1. The number of hydrogen-bond donors (Lipinski definition) is 2. The van der Waals surface area contributed by atoms with Gasteiger partial charge in [-0.2, -0.15) is 0 Å². The van der Waals surface area contributed by atoms with Gasteiger partial charge in [-0.25, -0.2) is 4.79 Å². The Balaban J connectivity index is 0.000000332. The summed E-state index contributed by atoms with van der Waals surface area (Å²) in [5.74, 6) is -0.159. The van der Waals surface area contributed by atoms with E-state index in [-0.39, 0.29) is 0 Å². The van der Waals surface area contributed by atoms with E-state index in [1.165, 1.54) is 19.3 Å². The zero-order valence-electron chi connectivity index (χ0n) is 14.4. The van der Waals surface area contributed by atoms with Crippen LogP contribution in [0.2, 0.25) is 0 Å². The molecule has 0 amide bonds. The van der Waals surface area contributed by atoms with Gasteiger partial charge < -0.3 is 24.4 Å². The molecule has 0 aliphatic carbocycles. The highest BCUT2D eigenvalue weighted by Crippen LogP contribution is 2.12. The van der Waals surface area contributed by atoms with Crippen LogP contribution < -0.4 is 0 Å². The first-order chi connectivity index (χ1) is 11.0. The number of aliphatic carboxylic acids is 1. The molecular formula is C17H32O6. The molecule has 0 bridgehead atoms. The van der Waals surface area contributed by atoms with Gasteiger partial charge in [0.1, 0.15) is 12.2 Å². The van der Waals surface area contributed by atoms with Crippen LogP contribution in [-0.4, -0.2) is 61.4 Å². The molecule has 0 aromatic rings. The number of unbranched alkanes of at least 4 members (excludes halogenated alkanes) is 2. The third-order valence-electron chi connectivity index (χ3n) is 3.03. The number of aliphatic hydroxyl groups excluding tert-OH is 1. The van der Waals surface area contributed by atoms with Crippen molar-refractivity contribution in [3.05, 3.63) is 12.7 Å². The summed E-state index contributed by atoms with van der Waals surface area (Å²) in [6.07, 6.45) is 6.37. The molecule has 0 saturated carbocycles. The normalized spacial score (nSPS) is 20.7. The zero-order chi connectivity index (χ0) is 17.5. The number of carboxylic acids is 1. The summed E-state index contributed by atoms with van der Waals surface area (Å²) < 4.78 is 15.1. The summed E-state index contributed by atoms with van der Waals surface area (Å²) in [5, 5.41) is 16.0. The molecule has 2 saturated heterocycles. The van der Waals surface area contributed by atoms with Gasteiger partial charge in [0.2, 0.25) is 0 Å². The Labute approximate surface area is 139 Å². The summed E-state index contributed by atoms with van der Waals surface area (Å²) >= 11 is 0. The van der Waals surface area contributed by atoms with E-state index in [0.29, 0.717) is 18.8 Å². The molecule has 2 heterocycles. The SMILES string of the molecule is C(OCC1CO1)C1CO1.C=CC(=O)O.CC(C)CCCCCO. The van der Waals surface area contributed by atoms with Crippen molar-refractivity contribution in [2.24, 2.45) is 5.92 Å². The second kappa shape index (κ2) is 14.6. The van der Waals surface area contributed by atoms with Crippen molar-refractivity contribution in [1.29, 1.82) is 0 Å². The molecule has 2 atom stereocenters. The van der Waals surface area contributed by atoms with Crippen LogP contribution in [0.3, 0.4) is 0 Å². The first-order valence-electron chi connectivity index (χ1n) is 8.26. The van der Waals surface area contributed by atoms with Gasteiger partial charge in [0, 0.05) is 12.7 Å². The van der Waals surface area contributed by atoms with Crippen LogP contribution in [0.25, 0.3) is 0 Å². The van der Waals surface area contributed by atoms with Crippen LogP contribution in [0.15, 0.2) is 12.7 Å². The molecule has 2 unspecified atom stereocenters. The van der Waals surface area contributed by atoms with Gasteiger partial charge in [-0.1, -0.05) is 39.7 Å². The van der Waals surface area contributed by atoms with Gasteiger partial charge in [0.15, 0.2) is 0 Å². The predicted molar refractivity (Wildman–Crippen MR) is 88.5 cm³/mol. The first-order valence-corrected chi connectivity index (χ1v) is 8.26. The highest BCUT2D eigenvalue weighted by atomic mass is 16.6. The molecule has 2 aliphatic rings. The van der Waals surface area contributed by atoms with Crippen LogP contribution in [0.4, 0.5) is 0 Å². The summed E-state index contributed by atoms with van der Waals surface area (Å²) in [6.45, 7) is 11.1. The molecule has 2 N–H and O–H groups in total. The molecule has 0 radical (unpaired) electrons. The molecule has 136 valence electrons. The number of hydrogen-bond acceptors (Lipinski definition) is 5. The van der Waals surface area contributed by atoms with Gasteiger partial charge in [-0.3, -0.25) is 0 Å². The molecule has 23 heavy (non-hydrogen) atoms. The lowest BCUT2D eigenvalue weighted by molar-refractivity contribution is -0.131. The minimum Gasteiger partial charge on any atom is -0.478 e. The Kier molecular flexibility index (Phi) is 14.0. The fourth-order valence-corrected chi connectivity index (χ4v) is 1.50. The van der Waals surface area contributed by atoms with E-state index < -0.39 is 5.97 Å². The fraction of sp³-hybridized carbons (Fsp3) is 0.824. The first kappa shape index (κ1) is 22.1. The van der Waals surface area contributed by atoms with Crippen molar-refractivity contribution < 1.29 is 29.2 Å². The fourth-order valence-electron chi connectivity index (χ4n) is 1.50. The van der Waals surface area contributed by atoms with Crippen molar-refractivity contribution in [3.63, 3.8) is 0 Å². The highest BCUT2D eigenvalue weighted by molar-refractivity contribution is 5.78. The van der Waals surface area contributed by atoms with Crippen molar-refractivity contribution in [3.8, 4) is 0 Å². The van der Waals surface area contributed by atoms with Crippen molar-refractivity contribution >= 4 is 5.97 Å². The molecule has 0 spiro atoms. The number of rotatable bonds is 10. The van der Waals surface area contributed by atoms with Crippen LogP contribution in [0.5, 0.6) is 0 Å². The molecular weight excluding hydrogens is 300 g/mol. The molecule has 2 rings (SSSR count). The third-order valence-corrected chi connectivity index (χ3v) is 3.03. The van der Waals surface area contributed by atoms with Gasteiger partial charge in [0.05, 0.1) is 26.4 Å². The Morgan fingerprint density at radius 1 is 1.22 bits per heavy atom. The summed E-state index contributed by atoms with van der Waals surface area (Å²) in [6, 6.07) is 0. The maximum Gasteiger partial charge on any atom is 0.327 e. The Bertz CT molecular complexity index is 285. The van der Waals surface area contributed by atoms with E-state index in [4.69, 9.17) is 24.4 Å². The Hall–Kier alpha value is -0.950. The summed E-state index contributed by atoms with van der Waals surface area (Å²) in [5.41, 5.74) is 0. The minimum atomic E-state index is -0.981. The van der Waals surface area contributed by atoms with Crippen molar-refractivity contribution in [2.45, 2.75) is 51.7 Å². The molecule has 0 aromatic heterocycles. The van der Waals surface area contributed by atoms with E-state index in [9.17, 15) is 4.79 Å². The smallest absolute Gasteiger partial charge is 0.327 e. The number of carbonyl (C=O) groups is 1. The van der Waals surface area contributed by atoms with E-state index in [0.717, 1.165) is 44.8 Å². The maximum atomic E-state index is 9.25. The lowest BCUT2D eigenvalue weighted by Crippen LogP contribution is -2.06. The average molecular weight is 332 g/mol. The topological polar surface area (TPSA) is 91.8 Å². The number of epoxide rings is 2. The number of ether oxygens (including phenoxy) is 3. The summed E-state index contributed by atoms with van der Waals surface area (Å²) in [7, 11) is 0. The van der Waals surface area contributed by atoms with Gasteiger partial charge >= 0.3 is 5.97 Å². The molecule has 6 nitrogen and oxygen atoms in total. The molecule has 6 heteroatoms. The maximum absolute atomic E-state index is 9.25. The second-order valence-corrected chi connectivity index (χ2v) is 5.96. The number of carboxylic acid groups (broad SMARTS) is 1. The molecule has 2 fully saturated rings. The van der Waals surface area contributed by atoms with Crippen LogP contribution >= 0.6 is 0 Å². The predicted octanol–water partition coefficient (Wildman–Crippen LogP) is 2.25. The van der Waals surface area contributed by atoms with Crippen LogP contribution in [0, 0.1) is 5.92 Å². The average Bonchev–Trinajstić information content (AvgIpc) is 3.39.